The Bertz CT molecular complexity index is 214. The summed E-state index contributed by atoms with van der Waals surface area (Å²) in [5.74, 6) is -1.00. The van der Waals surface area contributed by atoms with Gasteiger partial charge in [0.05, 0.1) is 5.56 Å². The first-order chi connectivity index (χ1) is 4.30. The molecule has 0 aliphatic carbocycles. The second-order valence-electron chi connectivity index (χ2n) is 1.43. The molecule has 0 saturated heterocycles. The predicted molar refractivity (Wildman–Crippen MR) is 34.7 cm³/mol. The number of hydrogen-bond donors (Lipinski definition) is 1. The summed E-state index contributed by atoms with van der Waals surface area (Å²) in [7, 11) is 0. The first-order valence-corrected chi connectivity index (χ1v) is 2.29. The Labute approximate surface area is 69.5 Å². The molecule has 0 saturated carbocycles. The molecule has 0 bridgehead atoms. The topological polar surface area (TPSA) is 63.1 Å². The molecule has 1 aromatic rings. The van der Waals surface area contributed by atoms with E-state index in [0.29, 0.717) is 0 Å². The van der Waals surface area contributed by atoms with Gasteiger partial charge in [-0.1, -0.05) is 0 Å². The molecule has 0 unspecified atom stereocenters. The standard InChI is InChI=1S/C5H4N2O2.Li/c8-5(9)4-1-6-3-7-2-4;/h1-3H,(H,8,9);. The van der Waals surface area contributed by atoms with Crippen molar-refractivity contribution in [1.82, 2.24) is 9.97 Å². The van der Waals surface area contributed by atoms with E-state index in [9.17, 15) is 4.79 Å². The largest absolute Gasteiger partial charge is 0.478 e. The van der Waals surface area contributed by atoms with Crippen LogP contribution in [0.15, 0.2) is 18.7 Å². The van der Waals surface area contributed by atoms with Gasteiger partial charge in [-0.2, -0.15) is 0 Å². The van der Waals surface area contributed by atoms with Crippen LogP contribution in [-0.4, -0.2) is 39.9 Å². The van der Waals surface area contributed by atoms with Crippen molar-refractivity contribution in [3.05, 3.63) is 24.3 Å². The molecular weight excluding hydrogens is 127 g/mol. The third kappa shape index (κ3) is 2.17. The Morgan fingerprint density at radius 2 is 1.90 bits per heavy atom. The fraction of sp³-hybridized carbons (Fsp3) is 0. The molecule has 47 valence electrons. The maximum atomic E-state index is 10.1. The van der Waals surface area contributed by atoms with Gasteiger partial charge in [0.1, 0.15) is 6.33 Å². The zero-order chi connectivity index (χ0) is 6.69. The molecule has 5 heteroatoms. The molecule has 4 nitrogen and oxygen atoms in total. The van der Waals surface area contributed by atoms with Crippen LogP contribution in [0.2, 0.25) is 0 Å². The van der Waals surface area contributed by atoms with E-state index >= 15 is 0 Å². The van der Waals surface area contributed by atoms with E-state index in [2.05, 4.69) is 9.97 Å². The molecule has 1 N–H and O–H groups in total. The monoisotopic (exact) mass is 131 g/mol. The van der Waals surface area contributed by atoms with E-state index in [-0.39, 0.29) is 24.4 Å². The third-order valence-corrected chi connectivity index (χ3v) is 0.808. The zero-order valence-electron chi connectivity index (χ0n) is 5.48. The summed E-state index contributed by atoms with van der Waals surface area (Å²) < 4.78 is 0. The first-order valence-electron chi connectivity index (χ1n) is 2.29. The van der Waals surface area contributed by atoms with Crippen LogP contribution in [0.25, 0.3) is 0 Å². The molecule has 0 aliphatic heterocycles. The van der Waals surface area contributed by atoms with Crippen LogP contribution in [0, 0.1) is 0 Å². The molecule has 0 spiro atoms. The molecule has 1 rings (SSSR count). The van der Waals surface area contributed by atoms with E-state index in [0.717, 1.165) is 0 Å². The maximum Gasteiger partial charge on any atom is 0.338 e. The summed E-state index contributed by atoms with van der Waals surface area (Å²) in [6, 6.07) is 0. The number of carbonyl (C=O) groups is 1. The number of carboxylic acids is 1. The Kier molecular flexibility index (Phi) is 3.70. The van der Waals surface area contributed by atoms with Crippen LogP contribution in [-0.2, 0) is 0 Å². The van der Waals surface area contributed by atoms with E-state index in [4.69, 9.17) is 5.11 Å². The Balaban J connectivity index is 0.000000810. The Morgan fingerprint density at radius 3 is 2.20 bits per heavy atom. The SMILES string of the molecule is O=C(O)c1cncnc1.[Li]. The van der Waals surface area contributed by atoms with Gasteiger partial charge >= 0.3 is 5.97 Å². The van der Waals surface area contributed by atoms with Gasteiger partial charge < -0.3 is 5.11 Å². The molecule has 1 aromatic heterocycles. The fourth-order valence-corrected chi connectivity index (χ4v) is 0.410. The van der Waals surface area contributed by atoms with Crippen molar-refractivity contribution in [3.63, 3.8) is 0 Å². The van der Waals surface area contributed by atoms with Crippen LogP contribution in [0.3, 0.4) is 0 Å². The number of aromatic nitrogens is 2. The van der Waals surface area contributed by atoms with Crippen molar-refractivity contribution >= 4 is 24.8 Å². The smallest absolute Gasteiger partial charge is 0.338 e. The maximum absolute atomic E-state index is 10.1. The van der Waals surface area contributed by atoms with Gasteiger partial charge in [0.15, 0.2) is 0 Å². The van der Waals surface area contributed by atoms with Gasteiger partial charge in [-0.05, 0) is 0 Å². The van der Waals surface area contributed by atoms with Gasteiger partial charge in [0.25, 0.3) is 0 Å². The minimum atomic E-state index is -1.00. The van der Waals surface area contributed by atoms with Gasteiger partial charge in [0, 0.05) is 31.3 Å². The zero-order valence-corrected chi connectivity index (χ0v) is 5.48. The summed E-state index contributed by atoms with van der Waals surface area (Å²) >= 11 is 0. The van der Waals surface area contributed by atoms with Crippen molar-refractivity contribution < 1.29 is 9.90 Å². The molecule has 0 amide bonds. The molecule has 0 aliphatic rings. The normalized spacial score (nSPS) is 8.00. The quantitative estimate of drug-likeness (QED) is 0.536. The van der Waals surface area contributed by atoms with Crippen molar-refractivity contribution in [2.24, 2.45) is 0 Å². The minimum absolute atomic E-state index is 0. The minimum Gasteiger partial charge on any atom is -0.478 e. The van der Waals surface area contributed by atoms with E-state index in [1.807, 2.05) is 0 Å². The Morgan fingerprint density at radius 1 is 1.40 bits per heavy atom. The third-order valence-electron chi connectivity index (χ3n) is 0.808. The molecule has 0 fully saturated rings. The molecular formula is C5H4LiN2O2. The van der Waals surface area contributed by atoms with Crippen LogP contribution in [0.1, 0.15) is 10.4 Å². The van der Waals surface area contributed by atoms with Gasteiger partial charge in [0.2, 0.25) is 0 Å². The second kappa shape index (κ2) is 4.04. The van der Waals surface area contributed by atoms with Gasteiger partial charge in [-0.25, -0.2) is 14.8 Å². The van der Waals surface area contributed by atoms with E-state index in [1.54, 1.807) is 0 Å². The fourth-order valence-electron chi connectivity index (χ4n) is 0.410. The van der Waals surface area contributed by atoms with Crippen LogP contribution < -0.4 is 0 Å². The summed E-state index contributed by atoms with van der Waals surface area (Å²) in [5, 5.41) is 8.30. The van der Waals surface area contributed by atoms with E-state index in [1.165, 1.54) is 18.7 Å². The summed E-state index contributed by atoms with van der Waals surface area (Å²) in [5.41, 5.74) is 0.109. The van der Waals surface area contributed by atoms with Gasteiger partial charge in [-0.3, -0.25) is 0 Å². The average molecular weight is 131 g/mol. The Hall–Kier alpha value is -0.853. The molecule has 0 aromatic carbocycles. The summed E-state index contributed by atoms with van der Waals surface area (Å²) in [6.07, 6.45) is 3.77. The van der Waals surface area contributed by atoms with Crippen molar-refractivity contribution in [2.45, 2.75) is 0 Å². The van der Waals surface area contributed by atoms with Crippen LogP contribution in [0.5, 0.6) is 0 Å². The van der Waals surface area contributed by atoms with Crippen molar-refractivity contribution in [3.8, 4) is 0 Å². The van der Waals surface area contributed by atoms with Crippen LogP contribution in [0.4, 0.5) is 0 Å². The summed E-state index contributed by atoms with van der Waals surface area (Å²) in [6.45, 7) is 0. The molecule has 10 heavy (non-hydrogen) atoms. The van der Waals surface area contributed by atoms with Crippen LogP contribution >= 0.6 is 0 Å². The molecule has 1 radical (unpaired) electrons. The number of carboxylic acid groups (broad SMARTS) is 1. The van der Waals surface area contributed by atoms with Gasteiger partial charge in [-0.15, -0.1) is 0 Å². The number of aromatic carboxylic acids is 1. The van der Waals surface area contributed by atoms with Crippen molar-refractivity contribution in [1.29, 1.82) is 0 Å². The number of nitrogens with zero attached hydrogens (tertiary/aromatic N) is 2. The summed E-state index contributed by atoms with van der Waals surface area (Å²) in [4.78, 5) is 17.1. The molecule has 0 atom stereocenters. The predicted octanol–water partition coefficient (Wildman–Crippen LogP) is -0.206. The molecule has 1 heterocycles. The number of rotatable bonds is 1. The van der Waals surface area contributed by atoms with Crippen molar-refractivity contribution in [2.75, 3.05) is 0 Å². The first kappa shape index (κ1) is 9.15. The van der Waals surface area contributed by atoms with E-state index < -0.39 is 5.97 Å². The number of hydrogen-bond acceptors (Lipinski definition) is 3. The second-order valence-corrected chi connectivity index (χ2v) is 1.43. The average Bonchev–Trinajstić information content (AvgIpc) is 1.90.